The Kier molecular flexibility index (Phi) is 11.3. The fourth-order valence-corrected chi connectivity index (χ4v) is 6.63. The van der Waals surface area contributed by atoms with Crippen molar-refractivity contribution in [3.05, 3.63) is 70.3 Å². The molecule has 42 heavy (non-hydrogen) atoms. The van der Waals surface area contributed by atoms with E-state index in [1.54, 1.807) is 18.2 Å². The van der Waals surface area contributed by atoms with Gasteiger partial charge in [0.1, 0.15) is 17.6 Å². The van der Waals surface area contributed by atoms with E-state index in [0.29, 0.717) is 29.5 Å². The number of sulfonamides is 1. The van der Waals surface area contributed by atoms with Crippen molar-refractivity contribution in [3.63, 3.8) is 0 Å². The van der Waals surface area contributed by atoms with Crippen LogP contribution in [-0.4, -0.2) is 64.8 Å². The second kappa shape index (κ2) is 14.7. The van der Waals surface area contributed by atoms with Crippen LogP contribution in [0.3, 0.4) is 0 Å². The molecule has 2 aromatic rings. The molecule has 0 unspecified atom stereocenters. The Morgan fingerprint density at radius 2 is 2.00 bits per heavy atom. The topological polar surface area (TPSA) is 128 Å². The van der Waals surface area contributed by atoms with Crippen LogP contribution in [0, 0.1) is 11.8 Å². The molecule has 11 heteroatoms. The molecular weight excluding hydrogens is 580 g/mol. The van der Waals surface area contributed by atoms with Crippen LogP contribution >= 0.6 is 11.6 Å². The van der Waals surface area contributed by atoms with Crippen LogP contribution < -0.4 is 14.8 Å². The number of aliphatic hydroxyl groups is 1. The molecule has 1 saturated carbocycles. The quantitative estimate of drug-likeness (QED) is 0.294. The molecule has 0 aromatic heterocycles. The molecule has 2 aromatic carbocycles. The summed E-state index contributed by atoms with van der Waals surface area (Å²) in [6.45, 7) is 1.80. The number of hydrogen-bond donors (Lipinski definition) is 2. The maximum Gasteiger partial charge on any atom is 0.337 e. The zero-order valence-electron chi connectivity index (χ0n) is 24.2. The summed E-state index contributed by atoms with van der Waals surface area (Å²) in [6.07, 6.45) is 7.38. The number of ether oxygens (including phenoxy) is 3. The van der Waals surface area contributed by atoms with E-state index in [2.05, 4.69) is 4.90 Å². The molecule has 3 N–H and O–H groups in total. The molecular formula is C31H41ClN2O7S. The fraction of sp³-hybridized carbons (Fsp3) is 0.516. The first-order chi connectivity index (χ1) is 20.1. The maximum absolute atomic E-state index is 12.4. The van der Waals surface area contributed by atoms with Crippen LogP contribution in [0.1, 0.15) is 53.6 Å². The third kappa shape index (κ3) is 8.26. The van der Waals surface area contributed by atoms with Gasteiger partial charge in [-0.2, -0.15) is 0 Å². The van der Waals surface area contributed by atoms with Crippen molar-refractivity contribution in [2.24, 2.45) is 17.0 Å². The van der Waals surface area contributed by atoms with Crippen LogP contribution in [0.2, 0.25) is 5.02 Å². The van der Waals surface area contributed by atoms with Crippen LogP contribution in [0.4, 0.5) is 5.69 Å². The highest BCUT2D eigenvalue weighted by molar-refractivity contribution is 7.89. The molecule has 1 aliphatic carbocycles. The van der Waals surface area contributed by atoms with E-state index in [9.17, 15) is 18.3 Å². The van der Waals surface area contributed by atoms with Crippen molar-refractivity contribution < 1.29 is 32.5 Å². The molecule has 0 bridgehead atoms. The largest absolute Gasteiger partial charge is 0.487 e. The van der Waals surface area contributed by atoms with Crippen molar-refractivity contribution in [3.8, 4) is 5.75 Å². The van der Waals surface area contributed by atoms with E-state index in [1.807, 2.05) is 30.3 Å². The summed E-state index contributed by atoms with van der Waals surface area (Å²) in [6, 6.07) is 11.2. The number of carbonyl (C=O) groups excluding carboxylic acids is 1. The van der Waals surface area contributed by atoms with Gasteiger partial charge >= 0.3 is 5.97 Å². The minimum absolute atomic E-state index is 0.00650. The Labute approximate surface area is 253 Å². The Morgan fingerprint density at radius 1 is 1.19 bits per heavy atom. The number of esters is 1. The minimum Gasteiger partial charge on any atom is -0.487 e. The standard InChI is InChI=1S/C31H41ClN2O7S/c1-39-20-26(42(33,37)38)7-5-8-29(35)27-13-10-23(27)18-34-15-4-3-6-21-16-25(32)12-9-24(21)19-41-30-14-11-22(17-28(30)34)31(36)40-2/h5,8-9,11-12,14,16-17,23,26-27,29,35H,3-4,6-7,10,13,15,18-20H2,1-2H3,(H2,33,37,38)/b8-5+/t23-,26-,27+,29-/m0/s1. The zero-order valence-corrected chi connectivity index (χ0v) is 25.8. The highest BCUT2D eigenvalue weighted by atomic mass is 35.5. The number of primary sulfonamides is 1. The number of fused-ring (bicyclic) bond motifs is 2. The van der Waals surface area contributed by atoms with Gasteiger partial charge in [-0.3, -0.25) is 0 Å². The molecule has 0 spiro atoms. The normalized spacial score (nSPS) is 20.8. The molecule has 230 valence electrons. The Bertz CT molecular complexity index is 1370. The van der Waals surface area contributed by atoms with Gasteiger partial charge in [0.15, 0.2) is 0 Å². The van der Waals surface area contributed by atoms with Gasteiger partial charge in [0, 0.05) is 25.2 Å². The zero-order chi connectivity index (χ0) is 30.3. The van der Waals surface area contributed by atoms with Crippen molar-refractivity contribution in [1.82, 2.24) is 0 Å². The summed E-state index contributed by atoms with van der Waals surface area (Å²) >= 11 is 6.29. The summed E-state index contributed by atoms with van der Waals surface area (Å²) < 4.78 is 39.9. The molecule has 0 saturated heterocycles. The van der Waals surface area contributed by atoms with Crippen molar-refractivity contribution in [2.45, 2.75) is 56.5 Å². The maximum atomic E-state index is 12.4. The molecule has 9 nitrogen and oxygen atoms in total. The average molecular weight is 621 g/mol. The molecule has 4 rings (SSSR count). The van der Waals surface area contributed by atoms with E-state index in [1.165, 1.54) is 19.8 Å². The van der Waals surface area contributed by atoms with Crippen LogP contribution in [0.25, 0.3) is 0 Å². The van der Waals surface area contributed by atoms with Gasteiger partial charge < -0.3 is 24.2 Å². The van der Waals surface area contributed by atoms with E-state index < -0.39 is 27.3 Å². The molecule has 1 fully saturated rings. The van der Waals surface area contributed by atoms with Gasteiger partial charge in [0.25, 0.3) is 0 Å². The van der Waals surface area contributed by atoms with Crippen LogP contribution in [-0.2, 0) is 32.5 Å². The average Bonchev–Trinajstić information content (AvgIpc) is 2.97. The molecule has 0 radical (unpaired) electrons. The van der Waals surface area contributed by atoms with Crippen molar-refractivity contribution >= 4 is 33.3 Å². The first-order valence-corrected chi connectivity index (χ1v) is 16.3. The van der Waals surface area contributed by atoms with Gasteiger partial charge in [-0.15, -0.1) is 0 Å². The number of benzene rings is 2. The highest BCUT2D eigenvalue weighted by Crippen LogP contribution is 2.41. The van der Waals surface area contributed by atoms with Crippen LogP contribution in [0.15, 0.2) is 48.6 Å². The lowest BCUT2D eigenvalue weighted by Gasteiger charge is -2.42. The van der Waals surface area contributed by atoms with Gasteiger partial charge in [0.2, 0.25) is 10.0 Å². The molecule has 0 amide bonds. The summed E-state index contributed by atoms with van der Waals surface area (Å²) in [4.78, 5) is 14.7. The lowest BCUT2D eigenvalue weighted by molar-refractivity contribution is 0.0461. The Balaban J connectivity index is 1.53. The molecule has 1 aliphatic heterocycles. The number of nitrogens with zero attached hydrogens (tertiary/aromatic N) is 1. The number of aryl methyl sites for hydroxylation is 1. The van der Waals surface area contributed by atoms with E-state index in [4.69, 9.17) is 31.0 Å². The predicted octanol–water partition coefficient (Wildman–Crippen LogP) is 4.49. The number of allylic oxidation sites excluding steroid dienone is 1. The van der Waals surface area contributed by atoms with Gasteiger partial charge in [0.05, 0.1) is 31.1 Å². The monoisotopic (exact) mass is 620 g/mol. The number of nitrogens with two attached hydrogens (primary N) is 1. The smallest absolute Gasteiger partial charge is 0.337 e. The lowest BCUT2D eigenvalue weighted by Crippen LogP contribution is -2.43. The highest BCUT2D eigenvalue weighted by Gasteiger charge is 2.37. The third-order valence-electron chi connectivity index (χ3n) is 8.32. The number of hydrogen-bond acceptors (Lipinski definition) is 8. The number of anilines is 1. The first kappa shape index (κ1) is 32.3. The second-order valence-electron chi connectivity index (χ2n) is 11.1. The predicted molar refractivity (Wildman–Crippen MR) is 163 cm³/mol. The molecule has 1 heterocycles. The number of rotatable bonds is 10. The summed E-state index contributed by atoms with van der Waals surface area (Å²) in [5.74, 6) is 0.483. The first-order valence-electron chi connectivity index (χ1n) is 14.3. The van der Waals surface area contributed by atoms with E-state index in [-0.39, 0.29) is 24.9 Å². The number of aliphatic hydroxyl groups excluding tert-OH is 1. The van der Waals surface area contributed by atoms with Gasteiger partial charge in [-0.1, -0.05) is 29.8 Å². The second-order valence-corrected chi connectivity index (χ2v) is 13.4. The summed E-state index contributed by atoms with van der Waals surface area (Å²) in [5.41, 5.74) is 3.52. The number of methoxy groups -OCH3 is 2. The Morgan fingerprint density at radius 3 is 2.69 bits per heavy atom. The van der Waals surface area contributed by atoms with Crippen molar-refractivity contribution in [1.29, 1.82) is 0 Å². The molecule has 4 atom stereocenters. The number of halogens is 1. The summed E-state index contributed by atoms with van der Waals surface area (Å²) in [5, 5.41) is 16.1. The summed E-state index contributed by atoms with van der Waals surface area (Å²) in [7, 11) is -0.964. The van der Waals surface area contributed by atoms with Crippen molar-refractivity contribution in [2.75, 3.05) is 38.8 Å². The fourth-order valence-electron chi connectivity index (χ4n) is 5.73. The Hall–Kier alpha value is -2.63. The van der Waals surface area contributed by atoms with E-state index >= 15 is 0 Å². The van der Waals surface area contributed by atoms with E-state index in [0.717, 1.165) is 49.9 Å². The minimum atomic E-state index is -3.76. The number of carbonyl (C=O) groups is 1. The van der Waals surface area contributed by atoms with Gasteiger partial charge in [-0.25, -0.2) is 18.4 Å². The molecule has 2 aliphatic rings. The third-order valence-corrected chi connectivity index (χ3v) is 9.81. The van der Waals surface area contributed by atoms with Gasteiger partial charge in [-0.05, 0) is 91.8 Å². The lowest BCUT2D eigenvalue weighted by atomic mass is 9.70. The SMILES string of the molecule is COC[C@H](C/C=C/[C@H](O)[C@@H]1CC[C@H]1CN1CCCCc2cc(Cl)ccc2COc2ccc(C(=O)OC)cc21)S(N)(=O)=O. The van der Waals surface area contributed by atoms with Crippen LogP contribution in [0.5, 0.6) is 5.75 Å².